The Kier molecular flexibility index (Phi) is 5.08. The highest BCUT2D eigenvalue weighted by Gasteiger charge is 2.20. The Morgan fingerprint density at radius 1 is 1.04 bits per heavy atom. The summed E-state index contributed by atoms with van der Waals surface area (Å²) in [5, 5.41) is 9.83. The highest BCUT2D eigenvalue weighted by molar-refractivity contribution is 7.13. The van der Waals surface area contributed by atoms with Crippen molar-refractivity contribution in [3.05, 3.63) is 95.0 Å². The van der Waals surface area contributed by atoms with E-state index in [1.54, 1.807) is 16.0 Å². The van der Waals surface area contributed by atoms with E-state index in [4.69, 9.17) is 5.10 Å². The lowest BCUT2D eigenvalue weighted by Gasteiger charge is -2.15. The molecule has 140 valence electrons. The first kappa shape index (κ1) is 18.2. The van der Waals surface area contributed by atoms with Crippen LogP contribution in [0.5, 0.6) is 0 Å². The summed E-state index contributed by atoms with van der Waals surface area (Å²) >= 11 is 1.61. The van der Waals surface area contributed by atoms with Crippen LogP contribution in [0.1, 0.15) is 34.6 Å². The summed E-state index contributed by atoms with van der Waals surface area (Å²) in [5.41, 5.74) is 4.42. The molecule has 2 heterocycles. The Morgan fingerprint density at radius 3 is 2.46 bits per heavy atom. The Morgan fingerprint density at radius 2 is 1.79 bits per heavy atom. The quantitative estimate of drug-likeness (QED) is 0.498. The molecular weight excluding hydrogens is 366 g/mol. The Labute approximate surface area is 168 Å². The van der Waals surface area contributed by atoms with E-state index in [0.29, 0.717) is 5.69 Å². The molecule has 0 bridgehead atoms. The minimum absolute atomic E-state index is 0.0970. The van der Waals surface area contributed by atoms with E-state index < -0.39 is 0 Å². The van der Waals surface area contributed by atoms with Crippen LogP contribution in [-0.4, -0.2) is 15.7 Å². The number of carbonyl (C=O) groups excluding carboxylic acids is 1. The van der Waals surface area contributed by atoms with Crippen LogP contribution in [0.15, 0.2) is 78.2 Å². The van der Waals surface area contributed by atoms with Gasteiger partial charge in [-0.25, -0.2) is 4.68 Å². The van der Waals surface area contributed by atoms with Gasteiger partial charge in [-0.3, -0.25) is 4.79 Å². The number of carbonyl (C=O) groups is 1. The zero-order valence-corrected chi connectivity index (χ0v) is 16.6. The van der Waals surface area contributed by atoms with Crippen molar-refractivity contribution in [2.45, 2.75) is 19.9 Å². The lowest BCUT2D eigenvalue weighted by Crippen LogP contribution is -2.28. The average Bonchev–Trinajstić information content (AvgIpc) is 3.39. The summed E-state index contributed by atoms with van der Waals surface area (Å²) in [7, 11) is 0. The Bertz CT molecular complexity index is 1070. The van der Waals surface area contributed by atoms with Crippen molar-refractivity contribution >= 4 is 17.2 Å². The summed E-state index contributed by atoms with van der Waals surface area (Å²) in [6, 6.07) is 23.7. The van der Waals surface area contributed by atoms with Gasteiger partial charge in [0.2, 0.25) is 0 Å². The van der Waals surface area contributed by atoms with Crippen molar-refractivity contribution in [2.75, 3.05) is 0 Å². The zero-order valence-electron chi connectivity index (χ0n) is 15.8. The molecule has 0 unspecified atom stereocenters. The predicted molar refractivity (Wildman–Crippen MR) is 114 cm³/mol. The molecule has 0 aliphatic rings. The van der Waals surface area contributed by atoms with Crippen LogP contribution in [0.25, 0.3) is 16.3 Å². The van der Waals surface area contributed by atoms with E-state index in [1.807, 2.05) is 92.0 Å². The number of thiophene rings is 1. The molecule has 28 heavy (non-hydrogen) atoms. The molecule has 1 atom stereocenters. The normalized spacial score (nSPS) is 11.9. The second-order valence-corrected chi connectivity index (χ2v) is 7.69. The highest BCUT2D eigenvalue weighted by Crippen LogP contribution is 2.26. The van der Waals surface area contributed by atoms with Gasteiger partial charge in [-0.2, -0.15) is 5.10 Å². The first-order chi connectivity index (χ1) is 13.6. The second-order valence-electron chi connectivity index (χ2n) is 6.75. The number of nitrogens with zero attached hydrogens (tertiary/aromatic N) is 2. The van der Waals surface area contributed by atoms with E-state index in [-0.39, 0.29) is 11.9 Å². The van der Waals surface area contributed by atoms with Gasteiger partial charge in [-0.05, 0) is 49.1 Å². The molecule has 0 spiro atoms. The Balaban J connectivity index is 1.70. The summed E-state index contributed by atoms with van der Waals surface area (Å²) in [6.45, 7) is 4.03. The van der Waals surface area contributed by atoms with Gasteiger partial charge in [0, 0.05) is 0 Å². The maximum absolute atomic E-state index is 13.1. The zero-order chi connectivity index (χ0) is 19.5. The highest BCUT2D eigenvalue weighted by atomic mass is 32.1. The standard InChI is InChI=1S/C23H21N3OS/c1-16-10-12-19(13-11-16)26-21(15-20(25-26)22-9-6-14-28-22)23(27)24-17(2)18-7-4-3-5-8-18/h3-15,17H,1-2H3,(H,24,27)/t17-/m0/s1. The van der Waals surface area contributed by atoms with Crippen molar-refractivity contribution in [2.24, 2.45) is 0 Å². The van der Waals surface area contributed by atoms with Crippen LogP contribution in [0.3, 0.4) is 0 Å². The van der Waals surface area contributed by atoms with Crippen LogP contribution >= 0.6 is 11.3 Å². The van der Waals surface area contributed by atoms with E-state index in [9.17, 15) is 4.79 Å². The van der Waals surface area contributed by atoms with Crippen molar-refractivity contribution in [1.82, 2.24) is 15.1 Å². The van der Waals surface area contributed by atoms with Gasteiger partial charge in [0.1, 0.15) is 11.4 Å². The lowest BCUT2D eigenvalue weighted by molar-refractivity contribution is 0.0932. The van der Waals surface area contributed by atoms with Gasteiger partial charge >= 0.3 is 0 Å². The van der Waals surface area contributed by atoms with Gasteiger partial charge in [-0.1, -0.05) is 54.1 Å². The molecule has 0 aliphatic carbocycles. The van der Waals surface area contributed by atoms with Crippen LogP contribution in [0, 0.1) is 6.92 Å². The number of nitrogens with one attached hydrogen (secondary N) is 1. The fraction of sp³-hybridized carbons (Fsp3) is 0.130. The number of benzene rings is 2. The van der Waals surface area contributed by atoms with Crippen molar-refractivity contribution < 1.29 is 4.79 Å². The third kappa shape index (κ3) is 3.75. The van der Waals surface area contributed by atoms with E-state index in [0.717, 1.165) is 27.4 Å². The molecule has 5 heteroatoms. The number of aromatic nitrogens is 2. The van der Waals surface area contributed by atoms with Crippen LogP contribution in [0.2, 0.25) is 0 Å². The molecule has 2 aromatic heterocycles. The molecule has 0 saturated heterocycles. The minimum Gasteiger partial charge on any atom is -0.344 e. The van der Waals surface area contributed by atoms with E-state index in [1.165, 1.54) is 0 Å². The molecule has 2 aromatic carbocycles. The predicted octanol–water partition coefficient (Wildman–Crippen LogP) is 5.40. The fourth-order valence-electron chi connectivity index (χ4n) is 3.07. The minimum atomic E-state index is -0.146. The summed E-state index contributed by atoms with van der Waals surface area (Å²) in [4.78, 5) is 14.1. The average molecular weight is 388 g/mol. The molecule has 4 aromatic rings. The third-order valence-corrected chi connectivity index (χ3v) is 5.53. The van der Waals surface area contributed by atoms with Crippen LogP contribution in [0.4, 0.5) is 0 Å². The number of hydrogen-bond donors (Lipinski definition) is 1. The topological polar surface area (TPSA) is 46.9 Å². The van der Waals surface area contributed by atoms with Crippen LogP contribution in [-0.2, 0) is 0 Å². The van der Waals surface area contributed by atoms with Gasteiger partial charge in [-0.15, -0.1) is 11.3 Å². The number of aryl methyl sites for hydroxylation is 1. The third-order valence-electron chi connectivity index (χ3n) is 4.64. The molecule has 0 aliphatic heterocycles. The van der Waals surface area contributed by atoms with Gasteiger partial charge in [0.25, 0.3) is 5.91 Å². The monoisotopic (exact) mass is 387 g/mol. The molecule has 1 N–H and O–H groups in total. The van der Waals surface area contributed by atoms with Crippen molar-refractivity contribution in [1.29, 1.82) is 0 Å². The van der Waals surface area contributed by atoms with Crippen LogP contribution < -0.4 is 5.32 Å². The van der Waals surface area contributed by atoms with E-state index >= 15 is 0 Å². The van der Waals surface area contributed by atoms with Crippen molar-refractivity contribution in [3.63, 3.8) is 0 Å². The van der Waals surface area contributed by atoms with Crippen molar-refractivity contribution in [3.8, 4) is 16.3 Å². The molecular formula is C23H21N3OS. The summed E-state index contributed by atoms with van der Waals surface area (Å²) in [5.74, 6) is -0.146. The van der Waals surface area contributed by atoms with Gasteiger partial charge in [0.15, 0.2) is 0 Å². The molecule has 0 saturated carbocycles. The fourth-order valence-corrected chi connectivity index (χ4v) is 3.75. The van der Waals surface area contributed by atoms with E-state index in [2.05, 4.69) is 5.32 Å². The number of hydrogen-bond acceptors (Lipinski definition) is 3. The van der Waals surface area contributed by atoms with Gasteiger partial charge in [0.05, 0.1) is 16.6 Å². The smallest absolute Gasteiger partial charge is 0.270 e. The maximum atomic E-state index is 13.1. The largest absolute Gasteiger partial charge is 0.344 e. The first-order valence-corrected chi connectivity index (χ1v) is 10.1. The molecule has 1 amide bonds. The molecule has 4 nitrogen and oxygen atoms in total. The molecule has 0 fully saturated rings. The van der Waals surface area contributed by atoms with Gasteiger partial charge < -0.3 is 5.32 Å². The lowest BCUT2D eigenvalue weighted by atomic mass is 10.1. The first-order valence-electron chi connectivity index (χ1n) is 9.18. The second kappa shape index (κ2) is 7.82. The molecule has 0 radical (unpaired) electrons. The SMILES string of the molecule is Cc1ccc(-n2nc(-c3cccs3)cc2C(=O)N[C@@H](C)c2ccccc2)cc1. The maximum Gasteiger partial charge on any atom is 0.270 e. The number of amides is 1. The Hall–Kier alpha value is -3.18. The summed E-state index contributed by atoms with van der Waals surface area (Å²) in [6.07, 6.45) is 0. The number of rotatable bonds is 5. The molecule has 4 rings (SSSR count). The summed E-state index contributed by atoms with van der Waals surface area (Å²) < 4.78 is 1.72.